The summed E-state index contributed by atoms with van der Waals surface area (Å²) in [4.78, 5) is 18.7. The fourth-order valence-corrected chi connectivity index (χ4v) is 2.05. The summed E-state index contributed by atoms with van der Waals surface area (Å²) < 4.78 is 0. The molecule has 104 valence electrons. The van der Waals surface area contributed by atoms with Crippen molar-refractivity contribution in [2.45, 2.75) is 39.2 Å². The molecular weight excluding hydrogens is 238 g/mol. The van der Waals surface area contributed by atoms with Crippen molar-refractivity contribution in [3.05, 3.63) is 24.0 Å². The van der Waals surface area contributed by atoms with E-state index in [1.54, 1.807) is 12.3 Å². The van der Waals surface area contributed by atoms with Gasteiger partial charge < -0.3 is 10.2 Å². The molecule has 1 aliphatic carbocycles. The van der Waals surface area contributed by atoms with Gasteiger partial charge in [-0.1, -0.05) is 13.8 Å². The van der Waals surface area contributed by atoms with E-state index in [9.17, 15) is 4.79 Å². The lowest BCUT2D eigenvalue weighted by Crippen LogP contribution is -2.35. The van der Waals surface area contributed by atoms with E-state index in [4.69, 9.17) is 0 Å². The summed E-state index contributed by atoms with van der Waals surface area (Å²) in [5, 5.41) is 3.01. The number of rotatable bonds is 6. The van der Waals surface area contributed by atoms with Gasteiger partial charge in [0.15, 0.2) is 0 Å². The van der Waals surface area contributed by atoms with Crippen molar-refractivity contribution in [2.75, 3.05) is 18.9 Å². The molecule has 4 nitrogen and oxygen atoms in total. The maximum absolute atomic E-state index is 12.5. The highest BCUT2D eigenvalue weighted by Crippen LogP contribution is 2.28. The predicted octanol–water partition coefficient (Wildman–Crippen LogP) is 2.77. The van der Waals surface area contributed by atoms with Crippen LogP contribution in [0.5, 0.6) is 0 Å². The Labute approximate surface area is 115 Å². The number of amides is 1. The minimum absolute atomic E-state index is 0.0748. The summed E-state index contributed by atoms with van der Waals surface area (Å²) in [6.45, 7) is 5.22. The van der Waals surface area contributed by atoms with Gasteiger partial charge in [0, 0.05) is 19.6 Å². The molecule has 0 atom stereocenters. The molecule has 4 heteroatoms. The summed E-state index contributed by atoms with van der Waals surface area (Å²) in [5.74, 6) is 0.694. The van der Waals surface area contributed by atoms with Crippen LogP contribution in [0.4, 0.5) is 5.69 Å². The van der Waals surface area contributed by atoms with Gasteiger partial charge in [-0.25, -0.2) is 4.98 Å². The molecule has 0 radical (unpaired) electrons. The van der Waals surface area contributed by atoms with Crippen LogP contribution in [0.1, 0.15) is 43.6 Å². The summed E-state index contributed by atoms with van der Waals surface area (Å²) in [6, 6.07) is 4.14. The summed E-state index contributed by atoms with van der Waals surface area (Å²) in [5.41, 5.74) is 1.48. The van der Waals surface area contributed by atoms with E-state index in [-0.39, 0.29) is 5.91 Å². The molecule has 2 rings (SSSR count). The second kappa shape index (κ2) is 6.04. The zero-order chi connectivity index (χ0) is 13.8. The zero-order valence-corrected chi connectivity index (χ0v) is 12.0. The molecule has 0 unspecified atom stereocenters. The number of carbonyl (C=O) groups is 1. The smallest absolute Gasteiger partial charge is 0.272 e. The lowest BCUT2D eigenvalue weighted by atomic mass is 10.1. The van der Waals surface area contributed by atoms with E-state index in [0.717, 1.165) is 31.5 Å². The normalized spacial score (nSPS) is 14.5. The average molecular weight is 261 g/mol. The van der Waals surface area contributed by atoms with E-state index in [1.807, 2.05) is 18.0 Å². The first kappa shape index (κ1) is 13.8. The Hall–Kier alpha value is -1.58. The Morgan fingerprint density at radius 2 is 2.21 bits per heavy atom. The molecular formula is C15H23N3O. The Kier molecular flexibility index (Phi) is 4.40. The van der Waals surface area contributed by atoms with Crippen molar-refractivity contribution in [1.82, 2.24) is 9.88 Å². The minimum atomic E-state index is 0.0748. The summed E-state index contributed by atoms with van der Waals surface area (Å²) >= 11 is 0. The number of hydrogen-bond donors (Lipinski definition) is 1. The van der Waals surface area contributed by atoms with Gasteiger partial charge in [-0.2, -0.15) is 0 Å². The highest BCUT2D eigenvalue weighted by atomic mass is 16.2. The van der Waals surface area contributed by atoms with Crippen LogP contribution in [0.25, 0.3) is 0 Å². The van der Waals surface area contributed by atoms with Crippen LogP contribution in [0.2, 0.25) is 0 Å². The van der Waals surface area contributed by atoms with E-state index in [2.05, 4.69) is 24.1 Å². The molecule has 1 N–H and O–H groups in total. The summed E-state index contributed by atoms with van der Waals surface area (Å²) in [6.07, 6.45) is 5.04. The monoisotopic (exact) mass is 261 g/mol. The van der Waals surface area contributed by atoms with Crippen LogP contribution in [-0.2, 0) is 0 Å². The maximum atomic E-state index is 12.5. The average Bonchev–Trinajstić information content (AvgIpc) is 3.23. The Bertz CT molecular complexity index is 424. The predicted molar refractivity (Wildman–Crippen MR) is 77.3 cm³/mol. The fraction of sp³-hybridized carbons (Fsp3) is 0.600. The molecule has 0 aliphatic heterocycles. The molecule has 0 spiro atoms. The van der Waals surface area contributed by atoms with Crippen LogP contribution in [-0.4, -0.2) is 35.4 Å². The largest absolute Gasteiger partial charge is 0.387 e. The van der Waals surface area contributed by atoms with Crippen molar-refractivity contribution in [3.8, 4) is 0 Å². The van der Waals surface area contributed by atoms with Crippen molar-refractivity contribution >= 4 is 11.6 Å². The fourth-order valence-electron chi connectivity index (χ4n) is 2.05. The first-order valence-corrected chi connectivity index (χ1v) is 7.06. The minimum Gasteiger partial charge on any atom is -0.387 e. The Morgan fingerprint density at radius 3 is 2.68 bits per heavy atom. The first-order chi connectivity index (χ1) is 9.11. The Morgan fingerprint density at radius 1 is 1.47 bits per heavy atom. The highest BCUT2D eigenvalue weighted by molar-refractivity contribution is 5.92. The number of hydrogen-bond acceptors (Lipinski definition) is 3. The van der Waals surface area contributed by atoms with Crippen molar-refractivity contribution in [2.24, 2.45) is 5.92 Å². The van der Waals surface area contributed by atoms with Gasteiger partial charge in [0.2, 0.25) is 0 Å². The SMILES string of the molecule is CNc1ccc(C(=O)N(CCC(C)C)C2CC2)nc1. The molecule has 1 aromatic rings. The second-order valence-corrected chi connectivity index (χ2v) is 5.59. The van der Waals surface area contributed by atoms with E-state index >= 15 is 0 Å². The van der Waals surface area contributed by atoms with Gasteiger partial charge >= 0.3 is 0 Å². The second-order valence-electron chi connectivity index (χ2n) is 5.59. The third-order valence-corrected chi connectivity index (χ3v) is 3.47. The van der Waals surface area contributed by atoms with Crippen molar-refractivity contribution < 1.29 is 4.79 Å². The molecule has 1 aliphatic rings. The van der Waals surface area contributed by atoms with Gasteiger partial charge in [-0.05, 0) is 37.3 Å². The van der Waals surface area contributed by atoms with Gasteiger partial charge in [-0.15, -0.1) is 0 Å². The number of aromatic nitrogens is 1. The molecule has 1 heterocycles. The first-order valence-electron chi connectivity index (χ1n) is 7.06. The molecule has 0 bridgehead atoms. The highest BCUT2D eigenvalue weighted by Gasteiger charge is 2.33. The summed E-state index contributed by atoms with van der Waals surface area (Å²) in [7, 11) is 1.84. The van der Waals surface area contributed by atoms with Crippen LogP contribution in [0.3, 0.4) is 0 Å². The molecule has 1 aromatic heterocycles. The number of carbonyl (C=O) groups excluding carboxylic acids is 1. The van der Waals surface area contributed by atoms with E-state index < -0.39 is 0 Å². The number of nitrogens with one attached hydrogen (secondary N) is 1. The zero-order valence-electron chi connectivity index (χ0n) is 12.0. The molecule has 1 fully saturated rings. The number of nitrogens with zero attached hydrogens (tertiary/aromatic N) is 2. The lowest BCUT2D eigenvalue weighted by molar-refractivity contribution is 0.0729. The van der Waals surface area contributed by atoms with Crippen molar-refractivity contribution in [1.29, 1.82) is 0 Å². The third-order valence-electron chi connectivity index (χ3n) is 3.47. The van der Waals surface area contributed by atoms with Crippen LogP contribution < -0.4 is 5.32 Å². The number of anilines is 1. The quantitative estimate of drug-likeness (QED) is 0.856. The van der Waals surface area contributed by atoms with Crippen LogP contribution in [0.15, 0.2) is 18.3 Å². The molecule has 1 saturated carbocycles. The Balaban J connectivity index is 2.05. The van der Waals surface area contributed by atoms with Gasteiger partial charge in [0.05, 0.1) is 11.9 Å². The van der Waals surface area contributed by atoms with E-state index in [0.29, 0.717) is 17.7 Å². The maximum Gasteiger partial charge on any atom is 0.272 e. The molecule has 0 saturated heterocycles. The van der Waals surface area contributed by atoms with Gasteiger partial charge in [0.25, 0.3) is 5.91 Å². The standard InChI is InChI=1S/C15H23N3O/c1-11(2)8-9-18(13-5-6-13)15(19)14-7-4-12(16-3)10-17-14/h4,7,10-11,13,16H,5-6,8-9H2,1-3H3. The van der Waals surface area contributed by atoms with Crippen LogP contribution >= 0.6 is 0 Å². The van der Waals surface area contributed by atoms with Gasteiger partial charge in [0.1, 0.15) is 5.69 Å². The molecule has 0 aromatic carbocycles. The lowest BCUT2D eigenvalue weighted by Gasteiger charge is -2.23. The van der Waals surface area contributed by atoms with Gasteiger partial charge in [-0.3, -0.25) is 4.79 Å². The molecule has 1 amide bonds. The van der Waals surface area contributed by atoms with Crippen molar-refractivity contribution in [3.63, 3.8) is 0 Å². The van der Waals surface area contributed by atoms with Crippen LogP contribution in [0, 0.1) is 5.92 Å². The number of pyridine rings is 1. The topological polar surface area (TPSA) is 45.2 Å². The molecule has 19 heavy (non-hydrogen) atoms. The van der Waals surface area contributed by atoms with E-state index in [1.165, 1.54) is 0 Å². The third kappa shape index (κ3) is 3.69.